The predicted molar refractivity (Wildman–Crippen MR) is 69.9 cm³/mol. The first-order valence-corrected chi connectivity index (χ1v) is 5.98. The number of nitrogens with two attached hydrogens (primary N) is 1. The van der Waals surface area contributed by atoms with Gasteiger partial charge in [0.05, 0.1) is 5.02 Å². The van der Waals surface area contributed by atoms with Crippen LogP contribution in [-0.4, -0.2) is 16.5 Å². The van der Waals surface area contributed by atoms with Crippen molar-refractivity contribution in [3.8, 4) is 11.4 Å². The van der Waals surface area contributed by atoms with Gasteiger partial charge in [-0.3, -0.25) is 0 Å². The maximum absolute atomic E-state index is 13.0. The molecule has 0 spiro atoms. The van der Waals surface area contributed by atoms with Gasteiger partial charge in [0.1, 0.15) is 5.82 Å². The number of aromatic nitrogens is 2. The third-order valence-corrected chi connectivity index (χ3v) is 2.79. The predicted octanol–water partition coefficient (Wildman–Crippen LogP) is 2.75. The van der Waals surface area contributed by atoms with Gasteiger partial charge in [0, 0.05) is 23.4 Å². The van der Waals surface area contributed by atoms with E-state index < -0.39 is 0 Å². The van der Waals surface area contributed by atoms with Gasteiger partial charge in [0.2, 0.25) is 0 Å². The topological polar surface area (TPSA) is 51.8 Å². The summed E-state index contributed by atoms with van der Waals surface area (Å²) in [5.74, 6) is 0.127. The fraction of sp³-hybridized carbons (Fsp3) is 0.231. The van der Waals surface area contributed by atoms with Crippen LogP contribution in [0.25, 0.3) is 11.4 Å². The molecule has 0 saturated heterocycles. The quantitative estimate of drug-likeness (QED) is 0.928. The molecule has 0 unspecified atom stereocenters. The number of nitrogens with zero attached hydrogens (tertiary/aromatic N) is 2. The first kappa shape index (κ1) is 12.9. The summed E-state index contributed by atoms with van der Waals surface area (Å²) in [5, 5.41) is 0.305. The van der Waals surface area contributed by atoms with E-state index in [1.165, 1.54) is 12.1 Å². The molecule has 5 heteroatoms. The van der Waals surface area contributed by atoms with Crippen LogP contribution in [0.4, 0.5) is 4.39 Å². The summed E-state index contributed by atoms with van der Waals surface area (Å²) in [5.41, 5.74) is 7.84. The summed E-state index contributed by atoms with van der Waals surface area (Å²) in [6.45, 7) is 2.40. The van der Waals surface area contributed by atoms with Crippen LogP contribution in [0.1, 0.15) is 11.4 Å². The summed E-state index contributed by atoms with van der Waals surface area (Å²) in [4.78, 5) is 8.70. The maximum Gasteiger partial charge on any atom is 0.161 e. The zero-order valence-electron chi connectivity index (χ0n) is 9.95. The van der Waals surface area contributed by atoms with E-state index in [2.05, 4.69) is 9.97 Å². The van der Waals surface area contributed by atoms with Crippen molar-refractivity contribution >= 4 is 11.6 Å². The molecule has 0 amide bonds. The molecule has 0 aliphatic heterocycles. The van der Waals surface area contributed by atoms with Gasteiger partial charge in [0.15, 0.2) is 5.82 Å². The van der Waals surface area contributed by atoms with Gasteiger partial charge in [0.25, 0.3) is 0 Å². The molecule has 18 heavy (non-hydrogen) atoms. The molecule has 0 saturated carbocycles. The van der Waals surface area contributed by atoms with E-state index in [4.69, 9.17) is 17.3 Å². The number of hydrogen-bond donors (Lipinski definition) is 1. The molecule has 0 radical (unpaired) electrons. The van der Waals surface area contributed by atoms with Crippen LogP contribution in [0.2, 0.25) is 5.02 Å². The van der Waals surface area contributed by atoms with Crippen LogP contribution < -0.4 is 5.73 Å². The Kier molecular flexibility index (Phi) is 3.89. The zero-order valence-corrected chi connectivity index (χ0v) is 10.7. The number of halogens is 2. The summed E-state index contributed by atoms with van der Waals surface area (Å²) >= 11 is 6.00. The van der Waals surface area contributed by atoms with Gasteiger partial charge in [-0.2, -0.15) is 0 Å². The monoisotopic (exact) mass is 265 g/mol. The van der Waals surface area contributed by atoms with Crippen molar-refractivity contribution in [2.75, 3.05) is 6.54 Å². The molecule has 0 aliphatic rings. The minimum atomic E-state index is -0.376. The van der Waals surface area contributed by atoms with Crippen LogP contribution in [0.3, 0.4) is 0 Å². The van der Waals surface area contributed by atoms with Crippen molar-refractivity contribution in [3.63, 3.8) is 0 Å². The Bertz CT molecular complexity index is 572. The van der Waals surface area contributed by atoms with Crippen molar-refractivity contribution in [3.05, 3.63) is 46.5 Å². The minimum Gasteiger partial charge on any atom is -0.330 e. The summed E-state index contributed by atoms with van der Waals surface area (Å²) in [7, 11) is 0. The Morgan fingerprint density at radius 3 is 2.72 bits per heavy atom. The second-order valence-electron chi connectivity index (χ2n) is 3.99. The number of benzene rings is 1. The highest BCUT2D eigenvalue weighted by Crippen LogP contribution is 2.26. The lowest BCUT2D eigenvalue weighted by Gasteiger charge is -2.07. The highest BCUT2D eigenvalue weighted by Gasteiger charge is 2.09. The molecule has 0 atom stereocenters. The van der Waals surface area contributed by atoms with E-state index in [1.807, 2.05) is 13.0 Å². The zero-order chi connectivity index (χ0) is 13.1. The SMILES string of the molecule is Cc1cc(CCN)nc(-c2ccc(F)cc2Cl)n1. The maximum atomic E-state index is 13.0. The summed E-state index contributed by atoms with van der Waals surface area (Å²) in [6.07, 6.45) is 0.676. The second kappa shape index (κ2) is 5.42. The lowest BCUT2D eigenvalue weighted by molar-refractivity contribution is 0.628. The van der Waals surface area contributed by atoms with Crippen LogP contribution in [0.5, 0.6) is 0 Å². The van der Waals surface area contributed by atoms with Gasteiger partial charge < -0.3 is 5.73 Å². The fourth-order valence-electron chi connectivity index (χ4n) is 1.70. The van der Waals surface area contributed by atoms with E-state index in [0.29, 0.717) is 29.4 Å². The molecule has 1 heterocycles. The molecule has 2 rings (SSSR count). The fourth-order valence-corrected chi connectivity index (χ4v) is 1.95. The molecule has 0 fully saturated rings. The number of hydrogen-bond acceptors (Lipinski definition) is 3. The van der Waals surface area contributed by atoms with E-state index in [9.17, 15) is 4.39 Å². The normalized spacial score (nSPS) is 10.7. The van der Waals surface area contributed by atoms with Crippen LogP contribution in [0.15, 0.2) is 24.3 Å². The Morgan fingerprint density at radius 1 is 1.28 bits per heavy atom. The Morgan fingerprint density at radius 2 is 2.06 bits per heavy atom. The van der Waals surface area contributed by atoms with Crippen molar-refractivity contribution in [2.45, 2.75) is 13.3 Å². The van der Waals surface area contributed by atoms with Gasteiger partial charge >= 0.3 is 0 Å². The van der Waals surface area contributed by atoms with E-state index in [0.717, 1.165) is 11.4 Å². The molecule has 2 aromatic rings. The van der Waals surface area contributed by atoms with Crippen LogP contribution >= 0.6 is 11.6 Å². The van der Waals surface area contributed by atoms with Gasteiger partial charge in [-0.25, -0.2) is 14.4 Å². The average Bonchev–Trinajstić information content (AvgIpc) is 2.28. The molecular weight excluding hydrogens is 253 g/mol. The smallest absolute Gasteiger partial charge is 0.161 e. The van der Waals surface area contributed by atoms with Crippen molar-refractivity contribution in [1.82, 2.24) is 9.97 Å². The first-order valence-electron chi connectivity index (χ1n) is 5.60. The number of rotatable bonds is 3. The Labute approximate surface area is 110 Å². The van der Waals surface area contributed by atoms with Crippen LogP contribution in [-0.2, 0) is 6.42 Å². The van der Waals surface area contributed by atoms with Gasteiger partial charge in [-0.15, -0.1) is 0 Å². The van der Waals surface area contributed by atoms with Crippen molar-refractivity contribution in [1.29, 1.82) is 0 Å². The highest BCUT2D eigenvalue weighted by molar-refractivity contribution is 6.33. The molecule has 2 N–H and O–H groups in total. The molecule has 3 nitrogen and oxygen atoms in total. The average molecular weight is 266 g/mol. The molecule has 1 aromatic carbocycles. The standard InChI is InChI=1S/C13H13ClFN3/c1-8-6-10(4-5-16)18-13(17-8)11-3-2-9(15)7-12(11)14/h2-3,6-7H,4-5,16H2,1H3. The Balaban J connectivity index is 2.49. The lowest BCUT2D eigenvalue weighted by atomic mass is 10.2. The third kappa shape index (κ3) is 2.83. The van der Waals surface area contributed by atoms with E-state index >= 15 is 0 Å². The van der Waals surface area contributed by atoms with E-state index in [1.54, 1.807) is 6.07 Å². The first-order chi connectivity index (χ1) is 8.60. The number of aryl methyl sites for hydroxylation is 1. The highest BCUT2D eigenvalue weighted by atomic mass is 35.5. The minimum absolute atomic E-state index is 0.305. The van der Waals surface area contributed by atoms with Gasteiger partial charge in [-0.05, 0) is 37.7 Å². The molecular formula is C13H13ClFN3. The molecule has 1 aromatic heterocycles. The third-order valence-electron chi connectivity index (χ3n) is 2.48. The summed E-state index contributed by atoms with van der Waals surface area (Å²) in [6, 6.07) is 6.06. The van der Waals surface area contributed by atoms with Crippen LogP contribution in [0, 0.1) is 12.7 Å². The molecule has 0 aliphatic carbocycles. The molecule has 94 valence electrons. The Hall–Kier alpha value is -1.52. The lowest BCUT2D eigenvalue weighted by Crippen LogP contribution is -2.06. The van der Waals surface area contributed by atoms with Crippen molar-refractivity contribution < 1.29 is 4.39 Å². The van der Waals surface area contributed by atoms with Gasteiger partial charge in [-0.1, -0.05) is 11.6 Å². The second-order valence-corrected chi connectivity index (χ2v) is 4.39. The largest absolute Gasteiger partial charge is 0.330 e. The molecule has 0 bridgehead atoms. The summed E-state index contributed by atoms with van der Waals surface area (Å²) < 4.78 is 13.0. The van der Waals surface area contributed by atoms with E-state index in [-0.39, 0.29) is 5.82 Å². The van der Waals surface area contributed by atoms with Crippen molar-refractivity contribution in [2.24, 2.45) is 5.73 Å².